The van der Waals surface area contributed by atoms with E-state index in [1.807, 2.05) is 0 Å². The van der Waals surface area contributed by atoms with Crippen molar-refractivity contribution in [1.29, 1.82) is 0 Å². The van der Waals surface area contributed by atoms with E-state index in [0.717, 1.165) is 57.8 Å². The van der Waals surface area contributed by atoms with Crippen LogP contribution in [0, 0.1) is 0 Å². The molecule has 0 bridgehead atoms. The minimum atomic E-state index is -4.20. The number of hydrogen-bond donors (Lipinski definition) is 2. The van der Waals surface area contributed by atoms with Gasteiger partial charge in [0.15, 0.2) is 0 Å². The molecular weight excluding hydrogens is 804 g/mol. The molecule has 0 radical (unpaired) electrons. The maximum atomic E-state index is 13.9. The van der Waals surface area contributed by atoms with Gasteiger partial charge in [0, 0.05) is 19.4 Å². The fraction of sp³-hybridized carbons (Fsp3) is 0.900. The molecule has 0 aliphatic rings. The van der Waals surface area contributed by atoms with Crippen molar-refractivity contribution in [1.82, 2.24) is 10.6 Å². The topological polar surface area (TPSA) is 138 Å². The van der Waals surface area contributed by atoms with Gasteiger partial charge in [0.25, 0.3) is 0 Å². The fourth-order valence-electron chi connectivity index (χ4n) is 7.33. The Hall–Kier alpha value is -1.94. The first kappa shape index (κ1) is 60.1. The highest BCUT2D eigenvalue weighted by molar-refractivity contribution is 7.48. The lowest BCUT2D eigenvalue weighted by Crippen LogP contribution is -2.48. The number of amides is 2. The number of ether oxygens (including phenoxy) is 2. The third kappa shape index (κ3) is 39.6. The van der Waals surface area contributed by atoms with Crippen molar-refractivity contribution in [3.8, 4) is 0 Å². The smallest absolute Gasteiger partial charge is 0.460 e. The number of carbonyl (C=O) groups is 3. The lowest BCUT2D eigenvalue weighted by atomic mass is 10.0. The Kier molecular flexibility index (Phi) is 40.4. The van der Waals surface area contributed by atoms with Crippen molar-refractivity contribution in [2.24, 2.45) is 0 Å². The number of rotatable bonds is 45. The summed E-state index contributed by atoms with van der Waals surface area (Å²) in [6.07, 6.45) is 34.9. The first-order chi connectivity index (χ1) is 29.9. The summed E-state index contributed by atoms with van der Waals surface area (Å²) >= 11 is 0. The number of nitrogens with one attached hydrogen (secondary N) is 2. The molecule has 12 heteroatoms. The third-order valence-electron chi connectivity index (χ3n) is 10.9. The van der Waals surface area contributed by atoms with Crippen LogP contribution >= 0.6 is 7.82 Å². The van der Waals surface area contributed by atoms with Crippen LogP contribution in [0.2, 0.25) is 0 Å². The average molecular weight is 901 g/mol. The summed E-state index contributed by atoms with van der Waals surface area (Å²) < 4.78 is 42.5. The standard InChI is InChI=1S/C50H97N2O9P/c1-8-12-15-18-21-24-25-28-30-33-36-39-47(53)52-45(44-59-62(56,57-42-11-4)58-43-41-51-49(55)61-50(5,6)7)46(38-35-32-29-26-22-19-16-13-9-2)60-48(54)40-37-34-31-27-23-20-17-14-10-3/h11,45-46H,4,8-10,12-44H2,1-3,5-7H3,(H,51,55)(H,52,53)/t45-,46+,62?/m0/s1. The Morgan fingerprint density at radius 1 is 0.597 bits per heavy atom. The summed E-state index contributed by atoms with van der Waals surface area (Å²) in [7, 11) is -4.20. The van der Waals surface area contributed by atoms with Gasteiger partial charge in [-0.2, -0.15) is 0 Å². The number of hydrogen-bond acceptors (Lipinski definition) is 9. The molecule has 0 fully saturated rings. The molecule has 0 aliphatic carbocycles. The van der Waals surface area contributed by atoms with Gasteiger partial charge < -0.3 is 20.1 Å². The van der Waals surface area contributed by atoms with Crippen LogP contribution in [0.15, 0.2) is 12.7 Å². The molecule has 3 atom stereocenters. The van der Waals surface area contributed by atoms with Gasteiger partial charge in [0.05, 0.1) is 25.9 Å². The van der Waals surface area contributed by atoms with Crippen molar-refractivity contribution in [2.45, 2.75) is 265 Å². The predicted molar refractivity (Wildman–Crippen MR) is 256 cm³/mol. The monoisotopic (exact) mass is 901 g/mol. The fourth-order valence-corrected chi connectivity index (χ4v) is 8.50. The van der Waals surface area contributed by atoms with Gasteiger partial charge in [-0.05, 0) is 46.5 Å². The molecule has 0 heterocycles. The molecule has 0 saturated carbocycles. The van der Waals surface area contributed by atoms with Crippen LogP contribution in [0.5, 0.6) is 0 Å². The van der Waals surface area contributed by atoms with Gasteiger partial charge in [-0.15, -0.1) is 6.58 Å². The first-order valence-corrected chi connectivity index (χ1v) is 27.0. The number of unbranched alkanes of at least 4 members (excludes halogenated alkanes) is 26. The number of phosphoric acid groups is 1. The normalized spacial score (nSPS) is 13.6. The molecule has 366 valence electrons. The number of phosphoric ester groups is 1. The molecule has 0 aromatic rings. The van der Waals surface area contributed by atoms with E-state index in [2.05, 4.69) is 38.0 Å². The molecule has 0 spiro atoms. The molecule has 1 unspecified atom stereocenters. The SMILES string of the molecule is C=CCOP(=O)(OCCNC(=O)OC(C)(C)C)OC[C@H](NC(=O)CCCCCCCCCCCCC)[C@@H](CCCCCCCCCCC)OC(=O)CCCCCCCCCCC. The van der Waals surface area contributed by atoms with Gasteiger partial charge in [-0.3, -0.25) is 23.2 Å². The average Bonchev–Trinajstić information content (AvgIpc) is 3.23. The minimum absolute atomic E-state index is 0.00344. The van der Waals surface area contributed by atoms with Crippen molar-refractivity contribution >= 4 is 25.8 Å². The molecule has 0 aromatic carbocycles. The van der Waals surface area contributed by atoms with Crippen LogP contribution in [0.3, 0.4) is 0 Å². The highest BCUT2D eigenvalue weighted by Crippen LogP contribution is 2.49. The zero-order chi connectivity index (χ0) is 46.0. The van der Waals surface area contributed by atoms with Crippen molar-refractivity contribution in [3.63, 3.8) is 0 Å². The summed E-state index contributed by atoms with van der Waals surface area (Å²) in [5, 5.41) is 5.69. The predicted octanol–water partition coefficient (Wildman–Crippen LogP) is 14.8. The van der Waals surface area contributed by atoms with E-state index in [1.54, 1.807) is 20.8 Å². The van der Waals surface area contributed by atoms with Gasteiger partial charge in [-0.1, -0.05) is 194 Å². The molecule has 62 heavy (non-hydrogen) atoms. The van der Waals surface area contributed by atoms with Crippen molar-refractivity contribution < 1.29 is 42.0 Å². The molecule has 0 rings (SSSR count). The molecule has 0 saturated heterocycles. The third-order valence-corrected chi connectivity index (χ3v) is 12.4. The summed E-state index contributed by atoms with van der Waals surface area (Å²) in [5.41, 5.74) is -0.676. The van der Waals surface area contributed by atoms with Crippen LogP contribution in [-0.4, -0.2) is 62.1 Å². The number of esters is 1. The Balaban J connectivity index is 5.78. The Morgan fingerprint density at radius 2 is 1.03 bits per heavy atom. The van der Waals surface area contributed by atoms with Gasteiger partial charge in [0.2, 0.25) is 5.91 Å². The zero-order valence-electron chi connectivity index (χ0n) is 41.0. The van der Waals surface area contributed by atoms with Crippen molar-refractivity contribution in [2.75, 3.05) is 26.4 Å². The number of alkyl carbamates (subject to hydrolysis) is 1. The summed E-state index contributed by atoms with van der Waals surface area (Å²) in [4.78, 5) is 39.1. The highest BCUT2D eigenvalue weighted by Gasteiger charge is 2.33. The van der Waals surface area contributed by atoms with E-state index in [4.69, 9.17) is 23.0 Å². The van der Waals surface area contributed by atoms with Crippen LogP contribution in [0.4, 0.5) is 4.79 Å². The zero-order valence-corrected chi connectivity index (χ0v) is 41.9. The lowest BCUT2D eigenvalue weighted by molar-refractivity contribution is -0.152. The molecule has 11 nitrogen and oxygen atoms in total. The van der Waals surface area contributed by atoms with E-state index in [-0.39, 0.29) is 38.2 Å². The van der Waals surface area contributed by atoms with E-state index in [1.165, 1.54) is 134 Å². The minimum Gasteiger partial charge on any atom is -0.460 e. The maximum absolute atomic E-state index is 13.9. The van der Waals surface area contributed by atoms with Crippen molar-refractivity contribution in [3.05, 3.63) is 12.7 Å². The van der Waals surface area contributed by atoms with Crippen LogP contribution in [-0.2, 0) is 37.2 Å². The lowest BCUT2D eigenvalue weighted by Gasteiger charge is -2.29. The maximum Gasteiger partial charge on any atom is 0.475 e. The second-order valence-corrected chi connectivity index (χ2v) is 19.9. The van der Waals surface area contributed by atoms with Crippen LogP contribution in [0.1, 0.15) is 247 Å². The molecule has 0 aromatic heterocycles. The number of carbonyl (C=O) groups excluding carboxylic acids is 3. The van der Waals surface area contributed by atoms with Gasteiger partial charge in [0.1, 0.15) is 11.7 Å². The van der Waals surface area contributed by atoms with E-state index in [9.17, 15) is 18.9 Å². The van der Waals surface area contributed by atoms with E-state index >= 15 is 0 Å². The van der Waals surface area contributed by atoms with E-state index < -0.39 is 31.7 Å². The molecule has 2 N–H and O–H groups in total. The molecular formula is C50H97N2O9P. The van der Waals surface area contributed by atoms with Gasteiger partial charge in [-0.25, -0.2) is 9.36 Å². The summed E-state index contributed by atoms with van der Waals surface area (Å²) in [5.74, 6) is -0.458. The summed E-state index contributed by atoms with van der Waals surface area (Å²) in [6.45, 7) is 15.1. The Labute approximate surface area is 381 Å². The largest absolute Gasteiger partial charge is 0.475 e. The molecule has 0 aliphatic heterocycles. The highest BCUT2D eigenvalue weighted by atomic mass is 31.2. The van der Waals surface area contributed by atoms with E-state index in [0.29, 0.717) is 19.3 Å². The summed E-state index contributed by atoms with van der Waals surface area (Å²) in [6, 6.07) is -0.777. The van der Waals surface area contributed by atoms with Crippen LogP contribution in [0.25, 0.3) is 0 Å². The Morgan fingerprint density at radius 3 is 1.48 bits per heavy atom. The second-order valence-electron chi connectivity index (χ2n) is 18.3. The van der Waals surface area contributed by atoms with Gasteiger partial charge >= 0.3 is 19.9 Å². The second kappa shape index (κ2) is 41.7. The Bertz CT molecular complexity index is 1130. The quantitative estimate of drug-likeness (QED) is 0.0265. The first-order valence-electron chi connectivity index (χ1n) is 25.5. The molecule has 2 amide bonds. The van der Waals surface area contributed by atoms with Crippen LogP contribution < -0.4 is 10.6 Å².